The van der Waals surface area contributed by atoms with E-state index >= 15 is 0 Å². The maximum Gasteiger partial charge on any atom is 0.281 e. The second-order valence-corrected chi connectivity index (χ2v) is 8.97. The lowest BCUT2D eigenvalue weighted by atomic mass is 10.1. The van der Waals surface area contributed by atoms with Crippen LogP contribution < -0.4 is 19.9 Å². The van der Waals surface area contributed by atoms with E-state index in [4.69, 9.17) is 24.2 Å². The summed E-state index contributed by atoms with van der Waals surface area (Å²) in [6.45, 7) is 4.35. The molecule has 11 nitrogen and oxygen atoms in total. The molecule has 3 aliphatic rings. The molecule has 2 N–H and O–H groups in total. The van der Waals surface area contributed by atoms with E-state index < -0.39 is 25.0 Å². The lowest BCUT2D eigenvalue weighted by Gasteiger charge is -2.38. The summed E-state index contributed by atoms with van der Waals surface area (Å²) < 4.78 is 23.3. The van der Waals surface area contributed by atoms with Gasteiger partial charge in [0.1, 0.15) is 0 Å². The van der Waals surface area contributed by atoms with Crippen LogP contribution in [0.4, 0.5) is 5.69 Å². The van der Waals surface area contributed by atoms with Crippen molar-refractivity contribution in [3.63, 3.8) is 0 Å². The summed E-state index contributed by atoms with van der Waals surface area (Å²) in [4.78, 5) is 42.2. The standard InChI is InChI=1S/C25H33N3O8/c1-3-4-9-22(30)28-18-14-20(35-15-21(29)26-32)19(33-2)13-16(18)24(31)27-11-7-8-17(27)25(28)36-23-10-5-6-12-34-23/h3,13-14,17,23,25,32H,1,4-12,15H2,2H3,(H,26,29). The van der Waals surface area contributed by atoms with Crippen LogP contribution in [0.1, 0.15) is 55.3 Å². The smallest absolute Gasteiger partial charge is 0.281 e. The van der Waals surface area contributed by atoms with Crippen LogP contribution in [0, 0.1) is 0 Å². The Hall–Kier alpha value is -3.15. The van der Waals surface area contributed by atoms with Crippen LogP contribution in [0.2, 0.25) is 0 Å². The molecular weight excluding hydrogens is 470 g/mol. The quantitative estimate of drug-likeness (QED) is 0.299. The summed E-state index contributed by atoms with van der Waals surface area (Å²) in [5.41, 5.74) is 2.10. The fourth-order valence-corrected chi connectivity index (χ4v) is 4.92. The number of rotatable bonds is 9. The first-order valence-corrected chi connectivity index (χ1v) is 12.3. The van der Waals surface area contributed by atoms with Crippen LogP contribution in [0.25, 0.3) is 0 Å². The third-order valence-electron chi connectivity index (χ3n) is 6.66. The molecule has 3 heterocycles. The predicted octanol–water partition coefficient (Wildman–Crippen LogP) is 2.37. The van der Waals surface area contributed by atoms with Gasteiger partial charge in [-0.1, -0.05) is 6.08 Å². The number of hydrogen-bond acceptors (Lipinski definition) is 8. The Balaban J connectivity index is 1.81. The molecule has 3 unspecified atom stereocenters. The normalized spacial score (nSPS) is 23.4. The Morgan fingerprint density at radius 3 is 2.78 bits per heavy atom. The minimum atomic E-state index is -0.765. The molecule has 0 bridgehead atoms. The van der Waals surface area contributed by atoms with Crippen molar-refractivity contribution in [2.75, 3.05) is 31.8 Å². The molecular formula is C25H33N3O8. The number of benzene rings is 1. The largest absolute Gasteiger partial charge is 0.493 e. The number of anilines is 1. The number of allylic oxidation sites excluding steroid dienone is 1. The molecule has 0 spiro atoms. The zero-order valence-electron chi connectivity index (χ0n) is 20.4. The molecule has 0 aliphatic carbocycles. The summed E-state index contributed by atoms with van der Waals surface area (Å²) in [5.74, 6) is -0.871. The fraction of sp³-hybridized carbons (Fsp3) is 0.560. The van der Waals surface area contributed by atoms with Gasteiger partial charge in [0.25, 0.3) is 11.8 Å². The SMILES string of the molecule is C=CCCC(=O)N1c2cc(OCC(=O)NO)c(OC)cc2C(=O)N2CCCC2C1OC1CCCCO1. The van der Waals surface area contributed by atoms with Gasteiger partial charge in [0.2, 0.25) is 5.91 Å². The van der Waals surface area contributed by atoms with Crippen molar-refractivity contribution in [3.05, 3.63) is 30.4 Å². The highest BCUT2D eigenvalue weighted by molar-refractivity contribution is 6.07. The van der Waals surface area contributed by atoms with Crippen LogP contribution in [0.5, 0.6) is 11.5 Å². The van der Waals surface area contributed by atoms with E-state index in [-0.39, 0.29) is 41.3 Å². The van der Waals surface area contributed by atoms with Gasteiger partial charge in [0, 0.05) is 25.6 Å². The molecule has 0 radical (unpaired) electrons. The molecule has 36 heavy (non-hydrogen) atoms. The lowest BCUT2D eigenvalue weighted by molar-refractivity contribution is -0.197. The van der Waals surface area contributed by atoms with E-state index in [1.807, 2.05) is 0 Å². The third kappa shape index (κ3) is 5.32. The molecule has 11 heteroatoms. The predicted molar refractivity (Wildman–Crippen MR) is 128 cm³/mol. The van der Waals surface area contributed by atoms with Gasteiger partial charge in [-0.2, -0.15) is 0 Å². The highest BCUT2D eigenvalue weighted by Gasteiger charge is 2.47. The Morgan fingerprint density at radius 2 is 2.08 bits per heavy atom. The minimum absolute atomic E-state index is 0.142. The van der Waals surface area contributed by atoms with Crippen molar-refractivity contribution in [1.82, 2.24) is 10.4 Å². The maximum absolute atomic E-state index is 13.7. The third-order valence-corrected chi connectivity index (χ3v) is 6.66. The number of carbonyl (C=O) groups excluding carboxylic acids is 3. The average Bonchev–Trinajstić information content (AvgIpc) is 3.37. The molecule has 4 rings (SSSR count). The summed E-state index contributed by atoms with van der Waals surface area (Å²) in [6, 6.07) is 2.69. The van der Waals surface area contributed by atoms with Gasteiger partial charge in [-0.15, -0.1) is 6.58 Å². The molecule has 2 saturated heterocycles. The topological polar surface area (TPSA) is 127 Å². The number of amides is 3. The molecule has 1 aromatic carbocycles. The van der Waals surface area contributed by atoms with Crippen LogP contribution in [0.15, 0.2) is 24.8 Å². The first-order chi connectivity index (χ1) is 17.5. The van der Waals surface area contributed by atoms with Gasteiger partial charge in [-0.05, 0) is 44.6 Å². The summed E-state index contributed by atoms with van der Waals surface area (Å²) in [6.07, 6.45) is 5.12. The Bertz CT molecular complexity index is 994. The first kappa shape index (κ1) is 25.9. The zero-order chi connectivity index (χ0) is 25.7. The van der Waals surface area contributed by atoms with E-state index in [1.165, 1.54) is 29.6 Å². The van der Waals surface area contributed by atoms with Crippen LogP contribution in [-0.2, 0) is 19.1 Å². The number of carbonyl (C=O) groups is 3. The monoisotopic (exact) mass is 503 g/mol. The molecule has 196 valence electrons. The van der Waals surface area contributed by atoms with Crippen molar-refractivity contribution in [2.24, 2.45) is 0 Å². The summed E-state index contributed by atoms with van der Waals surface area (Å²) in [5, 5.41) is 8.83. The Kier molecular flexibility index (Phi) is 8.44. The summed E-state index contributed by atoms with van der Waals surface area (Å²) in [7, 11) is 1.42. The molecule has 2 fully saturated rings. The second kappa shape index (κ2) is 11.7. The van der Waals surface area contributed by atoms with Crippen LogP contribution in [0.3, 0.4) is 0 Å². The molecule has 1 aromatic rings. The number of nitrogens with one attached hydrogen (secondary N) is 1. The Labute approximate surface area is 209 Å². The average molecular weight is 504 g/mol. The van der Waals surface area contributed by atoms with Crippen molar-refractivity contribution < 1.29 is 38.5 Å². The number of nitrogens with zero attached hydrogens (tertiary/aromatic N) is 2. The second-order valence-electron chi connectivity index (χ2n) is 8.97. The maximum atomic E-state index is 13.7. The van der Waals surface area contributed by atoms with Crippen molar-refractivity contribution in [3.8, 4) is 11.5 Å². The number of hydrogen-bond donors (Lipinski definition) is 2. The van der Waals surface area contributed by atoms with Gasteiger partial charge in [-0.25, -0.2) is 5.48 Å². The van der Waals surface area contributed by atoms with E-state index in [2.05, 4.69) is 6.58 Å². The van der Waals surface area contributed by atoms with Gasteiger partial charge in [0.15, 0.2) is 30.6 Å². The lowest BCUT2D eigenvalue weighted by Crippen LogP contribution is -2.54. The van der Waals surface area contributed by atoms with E-state index in [1.54, 1.807) is 11.0 Å². The number of methoxy groups -OCH3 is 1. The van der Waals surface area contributed by atoms with Gasteiger partial charge >= 0.3 is 0 Å². The summed E-state index contributed by atoms with van der Waals surface area (Å²) >= 11 is 0. The van der Waals surface area contributed by atoms with Crippen LogP contribution >= 0.6 is 0 Å². The number of fused-ring (bicyclic) bond motifs is 2. The first-order valence-electron chi connectivity index (χ1n) is 12.3. The van der Waals surface area contributed by atoms with Crippen molar-refractivity contribution in [1.29, 1.82) is 0 Å². The molecule has 3 aliphatic heterocycles. The van der Waals surface area contributed by atoms with E-state index in [9.17, 15) is 14.4 Å². The zero-order valence-corrected chi connectivity index (χ0v) is 20.4. The Morgan fingerprint density at radius 1 is 1.25 bits per heavy atom. The highest BCUT2D eigenvalue weighted by Crippen LogP contribution is 2.42. The highest BCUT2D eigenvalue weighted by atomic mass is 16.7. The minimum Gasteiger partial charge on any atom is -0.493 e. The van der Waals surface area contributed by atoms with Crippen LogP contribution in [-0.4, -0.2) is 73.3 Å². The molecule has 3 amide bonds. The van der Waals surface area contributed by atoms with Gasteiger partial charge < -0.3 is 23.8 Å². The van der Waals surface area contributed by atoms with Gasteiger partial charge in [0.05, 0.1) is 24.4 Å². The fourth-order valence-electron chi connectivity index (χ4n) is 4.92. The molecule has 0 saturated carbocycles. The van der Waals surface area contributed by atoms with Gasteiger partial charge in [-0.3, -0.25) is 24.5 Å². The number of hydroxylamine groups is 1. The van der Waals surface area contributed by atoms with Crippen molar-refractivity contribution >= 4 is 23.4 Å². The van der Waals surface area contributed by atoms with E-state index in [0.717, 1.165) is 19.3 Å². The number of ether oxygens (including phenoxy) is 4. The molecule has 0 aromatic heterocycles. The van der Waals surface area contributed by atoms with Crippen molar-refractivity contribution in [2.45, 2.75) is 63.5 Å². The van der Waals surface area contributed by atoms with E-state index in [0.29, 0.717) is 38.1 Å². The molecule has 3 atom stereocenters.